The van der Waals surface area contributed by atoms with Crippen molar-refractivity contribution in [3.8, 4) is 5.69 Å². The fourth-order valence-electron chi connectivity index (χ4n) is 3.63. The Morgan fingerprint density at radius 2 is 1.73 bits per heavy atom. The molecule has 0 aliphatic rings. The van der Waals surface area contributed by atoms with Gasteiger partial charge in [0.05, 0.1) is 18.0 Å². The molecule has 3 N–H and O–H groups in total. The minimum Gasteiger partial charge on any atom is -0.325 e. The van der Waals surface area contributed by atoms with Gasteiger partial charge in [-0.2, -0.15) is 0 Å². The van der Waals surface area contributed by atoms with Crippen LogP contribution < -0.4 is 10.5 Å². The monoisotopic (exact) mass is 488 g/mol. The second kappa shape index (κ2) is 9.88. The number of nitrogens with zero attached hydrogens (tertiary/aromatic N) is 2. The molecule has 8 nitrogen and oxygen atoms in total. The zero-order valence-corrected chi connectivity index (χ0v) is 20.1. The van der Waals surface area contributed by atoms with Gasteiger partial charge in [-0.3, -0.25) is 14.5 Å². The van der Waals surface area contributed by atoms with Crippen molar-refractivity contribution in [3.63, 3.8) is 0 Å². The number of benzene rings is 2. The molecule has 0 aliphatic carbocycles. The van der Waals surface area contributed by atoms with Crippen LogP contribution in [-0.2, 0) is 14.8 Å². The lowest BCUT2D eigenvalue weighted by Gasteiger charge is -2.16. The second-order valence-electron chi connectivity index (χ2n) is 7.81. The summed E-state index contributed by atoms with van der Waals surface area (Å²) in [5.41, 5.74) is 3.37. The molecule has 0 bridgehead atoms. The van der Waals surface area contributed by atoms with Crippen LogP contribution in [0.3, 0.4) is 0 Å². The molecule has 1 amide bonds. The third-order valence-electron chi connectivity index (χ3n) is 5.09. The Bertz CT molecular complexity index is 1300. The van der Waals surface area contributed by atoms with Crippen LogP contribution in [0.1, 0.15) is 21.7 Å². The number of carbonyl (C=O) groups excluding carboxylic acids is 2. The number of halogens is 1. The lowest BCUT2D eigenvalue weighted by molar-refractivity contribution is -0.116. The van der Waals surface area contributed by atoms with Gasteiger partial charge in [0.15, 0.2) is 5.78 Å². The summed E-state index contributed by atoms with van der Waals surface area (Å²) >= 11 is 5.93. The molecular weight excluding hydrogens is 464 g/mol. The van der Waals surface area contributed by atoms with E-state index in [1.807, 2.05) is 18.4 Å². The van der Waals surface area contributed by atoms with Crippen molar-refractivity contribution in [3.05, 3.63) is 76.6 Å². The number of amides is 1. The van der Waals surface area contributed by atoms with Crippen molar-refractivity contribution in [1.82, 2.24) is 9.47 Å². The fourth-order valence-corrected chi connectivity index (χ4v) is 4.33. The Morgan fingerprint density at radius 3 is 2.33 bits per heavy atom. The number of aromatic nitrogens is 1. The summed E-state index contributed by atoms with van der Waals surface area (Å²) in [4.78, 5) is 26.9. The highest BCUT2D eigenvalue weighted by Crippen LogP contribution is 2.22. The summed E-state index contributed by atoms with van der Waals surface area (Å²) in [6.45, 7) is 3.77. The van der Waals surface area contributed by atoms with Crippen molar-refractivity contribution in [2.45, 2.75) is 18.7 Å². The summed E-state index contributed by atoms with van der Waals surface area (Å²) in [7, 11) is -2.09. The molecule has 33 heavy (non-hydrogen) atoms. The van der Waals surface area contributed by atoms with E-state index in [9.17, 15) is 18.0 Å². The Morgan fingerprint density at radius 1 is 1.06 bits per heavy atom. The summed E-state index contributed by atoms with van der Waals surface area (Å²) in [6, 6.07) is 14.8. The number of sulfonamides is 1. The van der Waals surface area contributed by atoms with E-state index in [0.29, 0.717) is 22.0 Å². The van der Waals surface area contributed by atoms with Crippen molar-refractivity contribution in [2.24, 2.45) is 5.14 Å². The highest BCUT2D eigenvalue weighted by Gasteiger charge is 2.19. The molecule has 1 heterocycles. The summed E-state index contributed by atoms with van der Waals surface area (Å²) in [5.74, 6) is -0.387. The molecule has 3 rings (SSSR count). The Hall–Kier alpha value is -2.98. The average Bonchev–Trinajstić information content (AvgIpc) is 3.01. The molecule has 1 aromatic heterocycles. The molecule has 0 saturated carbocycles. The lowest BCUT2D eigenvalue weighted by atomic mass is 10.1. The van der Waals surface area contributed by atoms with Crippen LogP contribution in [0, 0.1) is 13.8 Å². The van der Waals surface area contributed by atoms with E-state index in [0.717, 1.165) is 11.4 Å². The molecule has 0 unspecified atom stereocenters. The number of anilines is 1. The number of carbonyl (C=O) groups is 2. The predicted octanol–water partition coefficient (Wildman–Crippen LogP) is 3.15. The molecule has 0 atom stereocenters. The minimum absolute atomic E-state index is 0.0164. The first-order valence-corrected chi connectivity index (χ1v) is 12.0. The Labute approximate surface area is 198 Å². The standard InChI is InChI=1S/C23H25ClN4O4S/c1-15-11-21(16(2)28(15)19-7-9-20(10-8-19)33(25,31)32)22(29)13-27(3)14-23(30)26-18-6-4-5-17(24)12-18/h4-12H,13-14H2,1-3H3,(H,26,30)(H2,25,31,32). The molecule has 0 radical (unpaired) electrons. The summed E-state index contributed by atoms with van der Waals surface area (Å²) < 4.78 is 24.9. The first-order valence-electron chi connectivity index (χ1n) is 10.0. The van der Waals surface area contributed by atoms with Crippen LogP contribution in [0.15, 0.2) is 59.5 Å². The van der Waals surface area contributed by atoms with Gasteiger partial charge in [0.1, 0.15) is 0 Å². The third kappa shape index (κ3) is 6.08. The van der Waals surface area contributed by atoms with Gasteiger partial charge >= 0.3 is 0 Å². The number of hydrogen-bond acceptors (Lipinski definition) is 5. The maximum absolute atomic E-state index is 12.9. The number of nitrogens with two attached hydrogens (primary N) is 1. The van der Waals surface area contributed by atoms with Crippen molar-refractivity contribution in [1.29, 1.82) is 0 Å². The lowest BCUT2D eigenvalue weighted by Crippen LogP contribution is -2.34. The normalized spacial score (nSPS) is 11.6. The van der Waals surface area contributed by atoms with E-state index < -0.39 is 10.0 Å². The number of nitrogens with one attached hydrogen (secondary N) is 1. The van der Waals surface area contributed by atoms with Gasteiger partial charge in [-0.15, -0.1) is 0 Å². The number of primary sulfonamides is 1. The van der Waals surface area contributed by atoms with E-state index >= 15 is 0 Å². The quantitative estimate of drug-likeness (QED) is 0.473. The van der Waals surface area contributed by atoms with E-state index in [2.05, 4.69) is 5.32 Å². The van der Waals surface area contributed by atoms with Crippen LogP contribution in [0.2, 0.25) is 5.02 Å². The van der Waals surface area contributed by atoms with E-state index in [-0.39, 0.29) is 29.7 Å². The predicted molar refractivity (Wildman–Crippen MR) is 129 cm³/mol. The van der Waals surface area contributed by atoms with Crippen LogP contribution >= 0.6 is 11.6 Å². The average molecular weight is 489 g/mol. The van der Waals surface area contributed by atoms with E-state index in [1.165, 1.54) is 12.1 Å². The van der Waals surface area contributed by atoms with Crippen LogP contribution in [0.25, 0.3) is 5.69 Å². The Balaban J connectivity index is 1.69. The third-order valence-corrected chi connectivity index (χ3v) is 6.25. The minimum atomic E-state index is -3.78. The smallest absolute Gasteiger partial charge is 0.238 e. The van der Waals surface area contributed by atoms with Crippen molar-refractivity contribution < 1.29 is 18.0 Å². The summed E-state index contributed by atoms with van der Waals surface area (Å²) in [6.07, 6.45) is 0. The largest absolute Gasteiger partial charge is 0.325 e. The number of ketones is 1. The first kappa shape index (κ1) is 24.7. The van der Waals surface area contributed by atoms with E-state index in [4.69, 9.17) is 16.7 Å². The number of hydrogen-bond donors (Lipinski definition) is 2. The Kier molecular flexibility index (Phi) is 7.38. The topological polar surface area (TPSA) is 114 Å². The molecular formula is C23H25ClN4O4S. The molecule has 174 valence electrons. The maximum Gasteiger partial charge on any atom is 0.238 e. The van der Waals surface area contributed by atoms with Gasteiger partial charge in [-0.25, -0.2) is 13.6 Å². The molecule has 0 fully saturated rings. The SMILES string of the molecule is Cc1cc(C(=O)CN(C)CC(=O)Nc2cccc(Cl)c2)c(C)n1-c1ccc(S(N)(=O)=O)cc1. The van der Waals surface area contributed by atoms with Crippen LogP contribution in [0.4, 0.5) is 5.69 Å². The fraction of sp³-hybridized carbons (Fsp3) is 0.217. The first-order chi connectivity index (χ1) is 15.5. The van der Waals surface area contributed by atoms with Crippen LogP contribution in [0.5, 0.6) is 0 Å². The van der Waals surface area contributed by atoms with Crippen molar-refractivity contribution >= 4 is 39.0 Å². The van der Waals surface area contributed by atoms with Gasteiger partial charge in [0.25, 0.3) is 0 Å². The van der Waals surface area contributed by atoms with Crippen molar-refractivity contribution in [2.75, 3.05) is 25.5 Å². The number of aryl methyl sites for hydroxylation is 1. The van der Waals surface area contributed by atoms with Gasteiger partial charge in [0.2, 0.25) is 15.9 Å². The van der Waals surface area contributed by atoms with E-state index in [1.54, 1.807) is 54.4 Å². The number of Topliss-reactive ketones (excluding diaryl/α,β-unsaturated/α-hetero) is 1. The highest BCUT2D eigenvalue weighted by atomic mass is 35.5. The van der Waals surface area contributed by atoms with Gasteiger partial charge < -0.3 is 9.88 Å². The van der Waals surface area contributed by atoms with Gasteiger partial charge in [-0.1, -0.05) is 17.7 Å². The molecule has 0 spiro atoms. The zero-order chi connectivity index (χ0) is 24.3. The number of likely N-dealkylation sites (N-methyl/N-ethyl adjacent to an activating group) is 1. The van der Waals surface area contributed by atoms with Gasteiger partial charge in [0, 0.05) is 33.3 Å². The van der Waals surface area contributed by atoms with Crippen LogP contribution in [-0.4, -0.2) is 49.7 Å². The molecule has 10 heteroatoms. The maximum atomic E-state index is 12.9. The zero-order valence-electron chi connectivity index (χ0n) is 18.5. The second-order valence-corrected chi connectivity index (χ2v) is 9.81. The summed E-state index contributed by atoms with van der Waals surface area (Å²) in [5, 5.41) is 8.44. The van der Waals surface area contributed by atoms with Gasteiger partial charge in [-0.05, 0) is 69.4 Å². The molecule has 0 saturated heterocycles. The highest BCUT2D eigenvalue weighted by molar-refractivity contribution is 7.89. The molecule has 0 aliphatic heterocycles. The number of rotatable bonds is 8. The molecule has 3 aromatic rings. The molecule has 2 aromatic carbocycles.